The highest BCUT2D eigenvalue weighted by Crippen LogP contribution is 2.33. The highest BCUT2D eigenvalue weighted by atomic mass is 35.5. The number of amides is 2. The quantitative estimate of drug-likeness (QED) is 0.409. The Kier molecular flexibility index (Phi) is 10.9. The van der Waals surface area contributed by atoms with Crippen LogP contribution in [0.3, 0.4) is 0 Å². The van der Waals surface area contributed by atoms with Crippen molar-refractivity contribution >= 4 is 50.7 Å². The van der Waals surface area contributed by atoms with Gasteiger partial charge in [0.2, 0.25) is 21.8 Å². The van der Waals surface area contributed by atoms with Crippen LogP contribution in [0.1, 0.15) is 32.8 Å². The van der Waals surface area contributed by atoms with Gasteiger partial charge in [-0.1, -0.05) is 36.2 Å². The number of methoxy groups -OCH3 is 2. The lowest BCUT2D eigenvalue weighted by Crippen LogP contribution is -2.53. The van der Waals surface area contributed by atoms with Gasteiger partial charge in [0.15, 0.2) is 11.5 Å². The maximum Gasteiger partial charge on any atom is 0.244 e. The second-order valence-electron chi connectivity index (χ2n) is 8.62. The zero-order valence-corrected chi connectivity index (χ0v) is 24.1. The summed E-state index contributed by atoms with van der Waals surface area (Å²) in [5, 5.41) is 3.47. The predicted molar refractivity (Wildman–Crippen MR) is 146 cm³/mol. The van der Waals surface area contributed by atoms with Gasteiger partial charge < -0.3 is 19.7 Å². The van der Waals surface area contributed by atoms with E-state index in [1.54, 1.807) is 31.2 Å². The highest BCUT2D eigenvalue weighted by molar-refractivity contribution is 7.92. The number of hydrogen-bond donors (Lipinski definition) is 1. The van der Waals surface area contributed by atoms with Gasteiger partial charge in [-0.3, -0.25) is 13.9 Å². The van der Waals surface area contributed by atoms with Crippen LogP contribution < -0.4 is 19.1 Å². The minimum atomic E-state index is -3.92. The van der Waals surface area contributed by atoms with Crippen molar-refractivity contribution in [1.82, 2.24) is 10.2 Å². The van der Waals surface area contributed by atoms with Crippen molar-refractivity contribution in [3.05, 3.63) is 52.0 Å². The SMILES string of the molecule is CC[C@@H](C(=O)NC(C)C)N(Cc1c(Cl)cccc1Cl)C(=O)CN(c1ccc(OC)c(OC)c1)S(C)(=O)=O. The van der Waals surface area contributed by atoms with Gasteiger partial charge in [0.25, 0.3) is 0 Å². The van der Waals surface area contributed by atoms with Crippen LogP contribution in [0.25, 0.3) is 0 Å². The molecular formula is C25H33Cl2N3O6S. The van der Waals surface area contributed by atoms with Crippen LogP contribution in [0.2, 0.25) is 10.0 Å². The normalized spacial score (nSPS) is 12.1. The first-order valence-electron chi connectivity index (χ1n) is 11.6. The third-order valence-electron chi connectivity index (χ3n) is 5.54. The number of carbonyl (C=O) groups is 2. The van der Waals surface area contributed by atoms with Gasteiger partial charge in [-0.05, 0) is 44.5 Å². The summed E-state index contributed by atoms with van der Waals surface area (Å²) in [6, 6.07) is 8.39. The monoisotopic (exact) mass is 573 g/mol. The molecule has 0 fully saturated rings. The zero-order valence-electron chi connectivity index (χ0n) is 21.7. The van der Waals surface area contributed by atoms with Crippen LogP contribution in [-0.2, 0) is 26.2 Å². The predicted octanol–water partition coefficient (Wildman–Crippen LogP) is 4.11. The molecule has 0 spiro atoms. The van der Waals surface area contributed by atoms with E-state index in [9.17, 15) is 18.0 Å². The number of sulfonamides is 1. The number of anilines is 1. The molecule has 1 N–H and O–H groups in total. The summed E-state index contributed by atoms with van der Waals surface area (Å²) in [5.74, 6) is -0.283. The van der Waals surface area contributed by atoms with Crippen molar-refractivity contribution in [2.75, 3.05) is 31.3 Å². The summed E-state index contributed by atoms with van der Waals surface area (Å²) >= 11 is 12.7. The molecule has 37 heavy (non-hydrogen) atoms. The minimum Gasteiger partial charge on any atom is -0.493 e. The first kappa shape index (κ1) is 30.5. The average molecular weight is 575 g/mol. The number of carbonyl (C=O) groups excluding carboxylic acids is 2. The number of rotatable bonds is 12. The summed E-state index contributed by atoms with van der Waals surface area (Å²) in [5.41, 5.74) is 0.649. The number of benzene rings is 2. The van der Waals surface area contributed by atoms with Crippen molar-refractivity contribution in [3.8, 4) is 11.5 Å². The lowest BCUT2D eigenvalue weighted by Gasteiger charge is -2.33. The van der Waals surface area contributed by atoms with Crippen LogP contribution >= 0.6 is 23.2 Å². The minimum absolute atomic E-state index is 0.0924. The third kappa shape index (κ3) is 7.90. The molecular weight excluding hydrogens is 541 g/mol. The second-order valence-corrected chi connectivity index (χ2v) is 11.3. The number of hydrogen-bond acceptors (Lipinski definition) is 6. The molecule has 204 valence electrons. The van der Waals surface area contributed by atoms with Crippen molar-refractivity contribution in [3.63, 3.8) is 0 Å². The van der Waals surface area contributed by atoms with E-state index in [1.807, 2.05) is 13.8 Å². The molecule has 0 heterocycles. The van der Waals surface area contributed by atoms with Crippen molar-refractivity contribution in [2.45, 2.75) is 45.8 Å². The van der Waals surface area contributed by atoms with Crippen molar-refractivity contribution < 1.29 is 27.5 Å². The number of nitrogens with one attached hydrogen (secondary N) is 1. The van der Waals surface area contributed by atoms with E-state index < -0.39 is 28.5 Å². The van der Waals surface area contributed by atoms with Crippen molar-refractivity contribution in [1.29, 1.82) is 0 Å². The maximum atomic E-state index is 13.8. The summed E-state index contributed by atoms with van der Waals surface area (Å²) < 4.78 is 37.1. The fourth-order valence-electron chi connectivity index (χ4n) is 3.75. The van der Waals surface area contributed by atoms with E-state index in [4.69, 9.17) is 32.7 Å². The maximum absolute atomic E-state index is 13.8. The number of ether oxygens (including phenoxy) is 2. The molecule has 0 aliphatic rings. The average Bonchev–Trinajstić information content (AvgIpc) is 2.82. The van der Waals surface area contributed by atoms with Crippen LogP contribution in [0.5, 0.6) is 11.5 Å². The molecule has 0 aliphatic carbocycles. The van der Waals surface area contributed by atoms with Gasteiger partial charge in [-0.25, -0.2) is 8.42 Å². The standard InChI is InChI=1S/C25H33Cl2N3O6S/c1-7-21(25(32)28-16(2)3)29(14-18-19(26)9-8-10-20(18)27)24(31)15-30(37(6,33)34)17-11-12-22(35-4)23(13-17)36-5/h8-13,16,21H,7,14-15H2,1-6H3,(H,28,32)/t21-/m0/s1. The van der Waals surface area contributed by atoms with E-state index in [-0.39, 0.29) is 30.6 Å². The second kappa shape index (κ2) is 13.2. The van der Waals surface area contributed by atoms with E-state index in [0.717, 1.165) is 10.6 Å². The summed E-state index contributed by atoms with van der Waals surface area (Å²) in [4.78, 5) is 28.1. The molecule has 2 aromatic rings. The molecule has 0 aliphatic heterocycles. The molecule has 2 rings (SSSR count). The number of nitrogens with zero attached hydrogens (tertiary/aromatic N) is 2. The molecule has 0 saturated carbocycles. The van der Waals surface area contributed by atoms with Gasteiger partial charge >= 0.3 is 0 Å². The first-order valence-corrected chi connectivity index (χ1v) is 14.2. The van der Waals surface area contributed by atoms with Crippen LogP contribution in [-0.4, -0.2) is 64.2 Å². The Balaban J connectivity index is 2.55. The Morgan fingerprint density at radius 3 is 2.11 bits per heavy atom. The molecule has 0 unspecified atom stereocenters. The molecule has 0 saturated heterocycles. The Hall–Kier alpha value is -2.69. The summed E-state index contributed by atoms with van der Waals surface area (Å²) in [6.45, 7) is 4.73. The first-order chi connectivity index (χ1) is 17.3. The Morgan fingerprint density at radius 2 is 1.62 bits per heavy atom. The third-order valence-corrected chi connectivity index (χ3v) is 7.39. The number of halogens is 2. The van der Waals surface area contributed by atoms with E-state index in [2.05, 4.69) is 5.32 Å². The molecule has 12 heteroatoms. The Bertz CT molecular complexity index is 1200. The van der Waals surface area contributed by atoms with Gasteiger partial charge in [0, 0.05) is 34.3 Å². The lowest BCUT2D eigenvalue weighted by atomic mass is 10.1. The molecule has 0 bridgehead atoms. The fourth-order valence-corrected chi connectivity index (χ4v) is 5.11. The van der Waals surface area contributed by atoms with Crippen LogP contribution in [0.15, 0.2) is 36.4 Å². The van der Waals surface area contributed by atoms with Crippen LogP contribution in [0, 0.1) is 0 Å². The Morgan fingerprint density at radius 1 is 1.03 bits per heavy atom. The lowest BCUT2D eigenvalue weighted by molar-refractivity contribution is -0.140. The largest absolute Gasteiger partial charge is 0.493 e. The zero-order chi connectivity index (χ0) is 27.9. The van der Waals surface area contributed by atoms with Crippen LogP contribution in [0.4, 0.5) is 5.69 Å². The molecule has 2 amide bonds. The van der Waals surface area contributed by atoms with Gasteiger partial charge in [-0.15, -0.1) is 0 Å². The fraction of sp³-hybridized carbons (Fsp3) is 0.440. The van der Waals surface area contributed by atoms with Gasteiger partial charge in [0.05, 0.1) is 26.2 Å². The summed E-state index contributed by atoms with van der Waals surface area (Å²) in [6.07, 6.45) is 1.27. The van der Waals surface area contributed by atoms with E-state index in [0.29, 0.717) is 27.1 Å². The molecule has 2 aromatic carbocycles. The van der Waals surface area contributed by atoms with Crippen molar-refractivity contribution in [2.24, 2.45) is 0 Å². The molecule has 1 atom stereocenters. The Labute approximate surface area is 228 Å². The molecule has 0 radical (unpaired) electrons. The van der Waals surface area contributed by atoms with Gasteiger partial charge in [-0.2, -0.15) is 0 Å². The summed E-state index contributed by atoms with van der Waals surface area (Å²) in [7, 11) is -1.03. The topological polar surface area (TPSA) is 105 Å². The smallest absolute Gasteiger partial charge is 0.244 e. The van der Waals surface area contributed by atoms with E-state index >= 15 is 0 Å². The van der Waals surface area contributed by atoms with Gasteiger partial charge in [0.1, 0.15) is 12.6 Å². The van der Waals surface area contributed by atoms with E-state index in [1.165, 1.54) is 31.3 Å². The highest BCUT2D eigenvalue weighted by Gasteiger charge is 2.33. The molecule has 0 aromatic heterocycles. The molecule has 9 nitrogen and oxygen atoms in total.